The van der Waals surface area contributed by atoms with Gasteiger partial charge < -0.3 is 5.32 Å². The fourth-order valence-corrected chi connectivity index (χ4v) is 2.20. The molecule has 6 nitrogen and oxygen atoms in total. The molecule has 1 heterocycles. The molecule has 0 spiro atoms. The van der Waals surface area contributed by atoms with E-state index in [4.69, 9.17) is 0 Å². The highest BCUT2D eigenvalue weighted by Gasteiger charge is 2.22. The Morgan fingerprint density at radius 3 is 2.36 bits per heavy atom. The zero-order chi connectivity index (χ0) is 15.2. The van der Waals surface area contributed by atoms with Crippen LogP contribution >= 0.6 is 0 Å². The van der Waals surface area contributed by atoms with Crippen molar-refractivity contribution in [2.75, 3.05) is 5.32 Å². The van der Waals surface area contributed by atoms with Crippen LogP contribution in [0.25, 0.3) is 0 Å². The van der Waals surface area contributed by atoms with Crippen molar-refractivity contribution in [1.29, 1.82) is 0 Å². The SMILES string of the molecule is O=C(Nc1ccccc1)[C@@H](Cc1ccccc1)n1cnnn1. The number of anilines is 1. The van der Waals surface area contributed by atoms with Crippen LogP contribution in [0.1, 0.15) is 11.6 Å². The normalized spacial score (nSPS) is 11.8. The third kappa shape index (κ3) is 3.35. The number of rotatable bonds is 5. The summed E-state index contributed by atoms with van der Waals surface area (Å²) in [5.41, 5.74) is 1.80. The number of nitrogens with one attached hydrogen (secondary N) is 1. The van der Waals surface area contributed by atoms with Crippen molar-refractivity contribution in [3.05, 3.63) is 72.6 Å². The maximum Gasteiger partial charge on any atom is 0.249 e. The van der Waals surface area contributed by atoms with Gasteiger partial charge in [0.25, 0.3) is 0 Å². The lowest BCUT2D eigenvalue weighted by Gasteiger charge is -2.16. The Bertz CT molecular complexity index is 713. The van der Waals surface area contributed by atoms with E-state index in [2.05, 4.69) is 20.8 Å². The first-order valence-electron chi connectivity index (χ1n) is 6.95. The van der Waals surface area contributed by atoms with Crippen molar-refractivity contribution in [3.63, 3.8) is 0 Å². The molecule has 1 amide bonds. The number of hydrogen-bond acceptors (Lipinski definition) is 4. The average Bonchev–Trinajstić information content (AvgIpc) is 3.08. The largest absolute Gasteiger partial charge is 0.324 e. The highest BCUT2D eigenvalue weighted by atomic mass is 16.2. The van der Waals surface area contributed by atoms with Gasteiger partial charge in [0.2, 0.25) is 5.91 Å². The summed E-state index contributed by atoms with van der Waals surface area (Å²) in [7, 11) is 0. The number of carbonyl (C=O) groups is 1. The highest BCUT2D eigenvalue weighted by molar-refractivity contribution is 5.93. The summed E-state index contributed by atoms with van der Waals surface area (Å²) in [6.45, 7) is 0. The van der Waals surface area contributed by atoms with E-state index in [1.807, 2.05) is 60.7 Å². The van der Waals surface area contributed by atoms with E-state index in [1.165, 1.54) is 11.0 Å². The molecule has 0 aliphatic rings. The first-order valence-corrected chi connectivity index (χ1v) is 6.95. The monoisotopic (exact) mass is 293 g/mol. The lowest BCUT2D eigenvalue weighted by molar-refractivity contribution is -0.119. The average molecular weight is 293 g/mol. The summed E-state index contributed by atoms with van der Waals surface area (Å²) in [6.07, 6.45) is 1.97. The smallest absolute Gasteiger partial charge is 0.249 e. The summed E-state index contributed by atoms with van der Waals surface area (Å²) in [6, 6.07) is 18.6. The molecule has 1 atom stereocenters. The number of benzene rings is 2. The Labute approximate surface area is 127 Å². The Morgan fingerprint density at radius 1 is 1.05 bits per heavy atom. The number of amides is 1. The standard InChI is InChI=1S/C16H15N5O/c22-16(18-14-9-5-2-6-10-14)15(21-12-17-19-20-21)11-13-7-3-1-4-8-13/h1-10,12,15H,11H2,(H,18,22)/t15-/m1/s1. The van der Waals surface area contributed by atoms with Crippen LogP contribution in [-0.4, -0.2) is 26.1 Å². The number of carbonyl (C=O) groups excluding carboxylic acids is 1. The van der Waals surface area contributed by atoms with Crippen LogP contribution in [-0.2, 0) is 11.2 Å². The number of nitrogens with zero attached hydrogens (tertiary/aromatic N) is 4. The quantitative estimate of drug-likeness (QED) is 0.782. The third-order valence-corrected chi connectivity index (χ3v) is 3.30. The van der Waals surface area contributed by atoms with Gasteiger partial charge in [-0.1, -0.05) is 48.5 Å². The van der Waals surface area contributed by atoms with Crippen molar-refractivity contribution >= 4 is 11.6 Å². The summed E-state index contributed by atoms with van der Waals surface area (Å²) in [5, 5.41) is 14.0. The Hall–Kier alpha value is -3.02. The van der Waals surface area contributed by atoms with E-state index >= 15 is 0 Å². The van der Waals surface area contributed by atoms with Crippen molar-refractivity contribution in [2.45, 2.75) is 12.5 Å². The minimum absolute atomic E-state index is 0.151. The van der Waals surface area contributed by atoms with Crippen LogP contribution in [0.3, 0.4) is 0 Å². The topological polar surface area (TPSA) is 72.7 Å². The molecule has 0 fully saturated rings. The Morgan fingerprint density at radius 2 is 1.73 bits per heavy atom. The minimum atomic E-state index is -0.502. The van der Waals surface area contributed by atoms with Gasteiger partial charge in [0, 0.05) is 12.1 Å². The number of aromatic nitrogens is 4. The van der Waals surface area contributed by atoms with Crippen molar-refractivity contribution in [2.24, 2.45) is 0 Å². The van der Waals surface area contributed by atoms with Gasteiger partial charge in [0.15, 0.2) is 0 Å². The van der Waals surface area contributed by atoms with Gasteiger partial charge in [0.1, 0.15) is 12.4 Å². The van der Waals surface area contributed by atoms with Gasteiger partial charge >= 0.3 is 0 Å². The van der Waals surface area contributed by atoms with Gasteiger partial charge in [-0.15, -0.1) is 5.10 Å². The molecular weight excluding hydrogens is 278 g/mol. The van der Waals surface area contributed by atoms with E-state index in [0.29, 0.717) is 6.42 Å². The van der Waals surface area contributed by atoms with Crippen molar-refractivity contribution in [3.8, 4) is 0 Å². The molecule has 0 unspecified atom stereocenters. The van der Waals surface area contributed by atoms with Crippen LogP contribution in [0.5, 0.6) is 0 Å². The fraction of sp³-hybridized carbons (Fsp3) is 0.125. The predicted octanol–water partition coefficient (Wildman–Crippen LogP) is 2.10. The molecule has 1 N–H and O–H groups in total. The van der Waals surface area contributed by atoms with Crippen LogP contribution in [0.4, 0.5) is 5.69 Å². The maximum atomic E-state index is 12.6. The molecular formula is C16H15N5O. The zero-order valence-electron chi connectivity index (χ0n) is 11.8. The van der Waals surface area contributed by atoms with Crippen LogP contribution in [0.15, 0.2) is 67.0 Å². The molecule has 2 aromatic carbocycles. The Balaban J connectivity index is 1.81. The second-order valence-corrected chi connectivity index (χ2v) is 4.85. The molecule has 1 aromatic heterocycles. The maximum absolute atomic E-state index is 12.6. The van der Waals surface area contributed by atoms with Crippen LogP contribution in [0.2, 0.25) is 0 Å². The van der Waals surface area contributed by atoms with Gasteiger partial charge in [-0.05, 0) is 28.1 Å². The first-order chi connectivity index (χ1) is 10.8. The third-order valence-electron chi connectivity index (χ3n) is 3.30. The Kier molecular flexibility index (Phi) is 4.20. The lowest BCUT2D eigenvalue weighted by Crippen LogP contribution is -2.28. The molecule has 0 saturated carbocycles. The molecule has 0 aliphatic carbocycles. The second kappa shape index (κ2) is 6.62. The van der Waals surface area contributed by atoms with Gasteiger partial charge in [-0.2, -0.15) is 0 Å². The molecule has 3 aromatic rings. The molecule has 6 heteroatoms. The molecule has 3 rings (SSSR count). The van der Waals surface area contributed by atoms with Gasteiger partial charge in [-0.25, -0.2) is 4.68 Å². The fourth-order valence-electron chi connectivity index (χ4n) is 2.20. The minimum Gasteiger partial charge on any atom is -0.324 e. The second-order valence-electron chi connectivity index (χ2n) is 4.85. The van der Waals surface area contributed by atoms with Crippen LogP contribution in [0, 0.1) is 0 Å². The van der Waals surface area contributed by atoms with E-state index in [0.717, 1.165) is 11.3 Å². The van der Waals surface area contributed by atoms with E-state index in [-0.39, 0.29) is 5.91 Å². The lowest BCUT2D eigenvalue weighted by atomic mass is 10.1. The summed E-state index contributed by atoms with van der Waals surface area (Å²) in [4.78, 5) is 12.6. The number of hydrogen-bond donors (Lipinski definition) is 1. The molecule has 0 saturated heterocycles. The van der Waals surface area contributed by atoms with Gasteiger partial charge in [-0.3, -0.25) is 4.79 Å². The summed E-state index contributed by atoms with van der Waals surface area (Å²) < 4.78 is 1.48. The number of para-hydroxylation sites is 1. The molecule has 110 valence electrons. The summed E-state index contributed by atoms with van der Waals surface area (Å²) >= 11 is 0. The van der Waals surface area contributed by atoms with Crippen molar-refractivity contribution < 1.29 is 4.79 Å². The van der Waals surface area contributed by atoms with E-state index in [1.54, 1.807) is 0 Å². The van der Waals surface area contributed by atoms with E-state index < -0.39 is 6.04 Å². The predicted molar refractivity (Wildman–Crippen MR) is 82.1 cm³/mol. The van der Waals surface area contributed by atoms with Crippen LogP contribution < -0.4 is 5.32 Å². The summed E-state index contributed by atoms with van der Waals surface area (Å²) in [5.74, 6) is -0.151. The molecule has 0 aliphatic heterocycles. The van der Waals surface area contributed by atoms with E-state index in [9.17, 15) is 4.79 Å². The van der Waals surface area contributed by atoms with Gasteiger partial charge in [0.05, 0.1) is 0 Å². The molecule has 22 heavy (non-hydrogen) atoms. The van der Waals surface area contributed by atoms with Crippen molar-refractivity contribution in [1.82, 2.24) is 20.2 Å². The molecule has 0 bridgehead atoms. The first kappa shape index (κ1) is 13.9. The number of tetrazole rings is 1. The highest BCUT2D eigenvalue weighted by Crippen LogP contribution is 2.16. The zero-order valence-corrected chi connectivity index (χ0v) is 11.8. The molecule has 0 radical (unpaired) electrons.